The van der Waals surface area contributed by atoms with E-state index < -0.39 is 0 Å². The van der Waals surface area contributed by atoms with Gasteiger partial charge in [0.05, 0.1) is 6.10 Å². The predicted molar refractivity (Wildman–Crippen MR) is 80.9 cm³/mol. The van der Waals surface area contributed by atoms with E-state index in [2.05, 4.69) is 41.6 Å². The highest BCUT2D eigenvalue weighted by atomic mass is 16.3. The number of hydrogen-bond donors (Lipinski definition) is 1. The molecule has 1 unspecified atom stereocenters. The number of hydrogen-bond acceptors (Lipinski definition) is 3. The average Bonchev–Trinajstić information content (AvgIpc) is 2.90. The fourth-order valence-corrected chi connectivity index (χ4v) is 3.46. The maximum atomic E-state index is 10.4. The van der Waals surface area contributed by atoms with Gasteiger partial charge in [0.1, 0.15) is 12.2 Å². The first-order chi connectivity index (χ1) is 9.87. The molecule has 1 N–H and O–H groups in total. The number of nitrogens with zero attached hydrogens (tertiary/aromatic N) is 4. The van der Waals surface area contributed by atoms with Gasteiger partial charge in [-0.15, -0.1) is 10.2 Å². The smallest absolute Gasteiger partial charge is 0.134 e. The quantitative estimate of drug-likeness (QED) is 0.941. The minimum Gasteiger partial charge on any atom is -0.388 e. The van der Waals surface area contributed by atoms with Crippen LogP contribution in [-0.4, -0.2) is 24.4 Å². The maximum Gasteiger partial charge on any atom is 0.134 e. The molecule has 1 aliphatic carbocycles. The monoisotopic (exact) mass is 288 g/mol. The van der Waals surface area contributed by atoms with Gasteiger partial charge >= 0.3 is 0 Å². The molecule has 0 spiro atoms. The molecule has 1 atom stereocenters. The van der Waals surface area contributed by atoms with Gasteiger partial charge in [-0.05, 0) is 31.2 Å². The summed E-state index contributed by atoms with van der Waals surface area (Å²) in [7, 11) is 1.97. The van der Waals surface area contributed by atoms with Crippen molar-refractivity contribution in [3.8, 4) is 0 Å². The molecule has 0 saturated carbocycles. The Morgan fingerprint density at radius 1 is 1.43 bits per heavy atom. The van der Waals surface area contributed by atoms with E-state index in [1.165, 1.54) is 11.4 Å². The molecule has 2 aromatic rings. The van der Waals surface area contributed by atoms with Crippen molar-refractivity contribution in [2.24, 2.45) is 12.5 Å². The van der Waals surface area contributed by atoms with Crippen LogP contribution < -0.4 is 0 Å². The number of rotatable bonds is 3. The summed E-state index contributed by atoms with van der Waals surface area (Å²) in [6.45, 7) is 7.47. The molecule has 114 valence electrons. The van der Waals surface area contributed by atoms with Crippen LogP contribution >= 0.6 is 0 Å². The molecule has 2 aromatic heterocycles. The second-order valence-electron chi connectivity index (χ2n) is 7.01. The second kappa shape index (κ2) is 4.98. The van der Waals surface area contributed by atoms with E-state index in [9.17, 15) is 5.11 Å². The van der Waals surface area contributed by atoms with Crippen LogP contribution in [0.1, 0.15) is 49.1 Å². The summed E-state index contributed by atoms with van der Waals surface area (Å²) < 4.78 is 4.30. The van der Waals surface area contributed by atoms with E-state index in [4.69, 9.17) is 0 Å². The lowest BCUT2D eigenvalue weighted by molar-refractivity contribution is 0.0979. The van der Waals surface area contributed by atoms with Crippen LogP contribution in [0.2, 0.25) is 0 Å². The summed E-state index contributed by atoms with van der Waals surface area (Å²) in [4.78, 5) is 0. The Morgan fingerprint density at radius 2 is 2.19 bits per heavy atom. The largest absolute Gasteiger partial charge is 0.388 e. The Morgan fingerprint density at radius 3 is 2.86 bits per heavy atom. The molecule has 0 radical (unpaired) electrons. The predicted octanol–water partition coefficient (Wildman–Crippen LogP) is 2.17. The minimum atomic E-state index is -0.335. The minimum absolute atomic E-state index is 0.153. The topological polar surface area (TPSA) is 55.9 Å². The standard InChI is InChI=1S/C16H24N4O/c1-11-7-12-13(8-16(2,3)9-14(12)21)20(11)6-5-15-18-17-10-19(15)4/h7,10,14,21H,5-6,8-9H2,1-4H3. The lowest BCUT2D eigenvalue weighted by Gasteiger charge is -2.34. The van der Waals surface area contributed by atoms with Gasteiger partial charge in [0.15, 0.2) is 0 Å². The molecule has 0 fully saturated rings. The van der Waals surface area contributed by atoms with Crippen molar-refractivity contribution < 1.29 is 5.11 Å². The van der Waals surface area contributed by atoms with E-state index in [1.54, 1.807) is 6.33 Å². The highest BCUT2D eigenvalue weighted by Gasteiger charge is 2.33. The third kappa shape index (κ3) is 2.62. The first-order valence-corrected chi connectivity index (χ1v) is 7.57. The van der Waals surface area contributed by atoms with E-state index in [0.717, 1.165) is 37.2 Å². The summed E-state index contributed by atoms with van der Waals surface area (Å²) >= 11 is 0. The molecule has 0 saturated heterocycles. The molecule has 5 heteroatoms. The van der Waals surface area contributed by atoms with Crippen LogP contribution in [0.3, 0.4) is 0 Å². The third-order valence-corrected chi connectivity index (χ3v) is 4.56. The highest BCUT2D eigenvalue weighted by molar-refractivity contribution is 5.33. The van der Waals surface area contributed by atoms with Gasteiger partial charge in [0.25, 0.3) is 0 Å². The number of aromatic nitrogens is 4. The van der Waals surface area contributed by atoms with Gasteiger partial charge in [-0.2, -0.15) is 0 Å². The summed E-state index contributed by atoms with van der Waals surface area (Å²) in [5.41, 5.74) is 3.78. The van der Waals surface area contributed by atoms with Crippen molar-refractivity contribution in [3.63, 3.8) is 0 Å². The lowest BCUT2D eigenvalue weighted by atomic mass is 9.75. The van der Waals surface area contributed by atoms with E-state index in [1.807, 2.05) is 11.6 Å². The normalized spacial score (nSPS) is 20.5. The zero-order valence-corrected chi connectivity index (χ0v) is 13.3. The van der Waals surface area contributed by atoms with Crippen molar-refractivity contribution in [3.05, 3.63) is 35.2 Å². The van der Waals surface area contributed by atoms with Crippen LogP contribution in [-0.2, 0) is 26.4 Å². The fourth-order valence-electron chi connectivity index (χ4n) is 3.46. The molecule has 0 amide bonds. The maximum absolute atomic E-state index is 10.4. The SMILES string of the molecule is Cc1cc2c(n1CCc1nncn1C)CC(C)(C)CC2O. The Hall–Kier alpha value is -1.62. The van der Waals surface area contributed by atoms with Crippen molar-refractivity contribution in [2.75, 3.05) is 0 Å². The molecule has 21 heavy (non-hydrogen) atoms. The van der Waals surface area contributed by atoms with Gasteiger partial charge in [0, 0.05) is 37.0 Å². The van der Waals surface area contributed by atoms with Crippen molar-refractivity contribution in [1.82, 2.24) is 19.3 Å². The number of aryl methyl sites for hydroxylation is 3. The fraction of sp³-hybridized carbons (Fsp3) is 0.625. The molecule has 1 aliphatic rings. The molecule has 5 nitrogen and oxygen atoms in total. The summed E-state index contributed by atoms with van der Waals surface area (Å²) in [5.74, 6) is 0.993. The first kappa shape index (κ1) is 14.3. The van der Waals surface area contributed by atoms with Crippen molar-refractivity contribution >= 4 is 0 Å². The lowest BCUT2D eigenvalue weighted by Crippen LogP contribution is -2.27. The van der Waals surface area contributed by atoms with Gasteiger partial charge < -0.3 is 14.2 Å². The van der Waals surface area contributed by atoms with Crippen LogP contribution in [0.4, 0.5) is 0 Å². The zero-order valence-electron chi connectivity index (χ0n) is 13.3. The third-order valence-electron chi connectivity index (χ3n) is 4.56. The second-order valence-corrected chi connectivity index (χ2v) is 7.01. The van der Waals surface area contributed by atoms with Crippen molar-refractivity contribution in [2.45, 2.75) is 52.7 Å². The highest BCUT2D eigenvalue weighted by Crippen LogP contribution is 2.41. The molecule has 0 bridgehead atoms. The Balaban J connectivity index is 1.88. The Kier molecular flexibility index (Phi) is 3.40. The molecular weight excluding hydrogens is 264 g/mol. The summed E-state index contributed by atoms with van der Waals surface area (Å²) in [5, 5.41) is 18.5. The van der Waals surface area contributed by atoms with Crippen LogP contribution in [0.25, 0.3) is 0 Å². The van der Waals surface area contributed by atoms with Crippen LogP contribution in [0.5, 0.6) is 0 Å². The van der Waals surface area contributed by atoms with Gasteiger partial charge in [-0.3, -0.25) is 0 Å². The van der Waals surface area contributed by atoms with Gasteiger partial charge in [-0.25, -0.2) is 0 Å². The Labute approximate surface area is 125 Å². The number of aliphatic hydroxyl groups excluding tert-OH is 1. The average molecular weight is 288 g/mol. The molecule has 2 heterocycles. The number of aliphatic hydroxyl groups is 1. The van der Waals surface area contributed by atoms with E-state index in [-0.39, 0.29) is 11.5 Å². The number of fused-ring (bicyclic) bond motifs is 1. The molecular formula is C16H24N4O. The van der Waals surface area contributed by atoms with E-state index >= 15 is 0 Å². The van der Waals surface area contributed by atoms with Gasteiger partial charge in [-0.1, -0.05) is 13.8 Å². The van der Waals surface area contributed by atoms with E-state index in [0.29, 0.717) is 0 Å². The summed E-state index contributed by atoms with van der Waals surface area (Å²) in [6, 6.07) is 2.14. The first-order valence-electron chi connectivity index (χ1n) is 7.57. The van der Waals surface area contributed by atoms with Gasteiger partial charge in [0.2, 0.25) is 0 Å². The van der Waals surface area contributed by atoms with Crippen LogP contribution in [0, 0.1) is 12.3 Å². The summed E-state index contributed by atoms with van der Waals surface area (Å²) in [6.07, 6.45) is 4.12. The zero-order chi connectivity index (χ0) is 15.2. The molecule has 0 aromatic carbocycles. The molecule has 0 aliphatic heterocycles. The van der Waals surface area contributed by atoms with Crippen molar-refractivity contribution in [1.29, 1.82) is 0 Å². The Bertz CT molecular complexity index is 653. The molecule has 3 rings (SSSR count). The van der Waals surface area contributed by atoms with Crippen LogP contribution in [0.15, 0.2) is 12.4 Å².